The van der Waals surface area contributed by atoms with Crippen molar-refractivity contribution in [2.24, 2.45) is 5.10 Å². The summed E-state index contributed by atoms with van der Waals surface area (Å²) >= 11 is 0. The van der Waals surface area contributed by atoms with Crippen molar-refractivity contribution in [2.45, 2.75) is 25.7 Å². The molecule has 1 aliphatic carbocycles. The van der Waals surface area contributed by atoms with Crippen LogP contribution < -0.4 is 5.43 Å². The lowest BCUT2D eigenvalue weighted by atomic mass is 9.96. The second-order valence-electron chi connectivity index (χ2n) is 5.03. The van der Waals surface area contributed by atoms with Gasteiger partial charge in [0.05, 0.1) is 6.21 Å². The molecule has 2 aromatic rings. The lowest BCUT2D eigenvalue weighted by molar-refractivity contribution is 0.0949. The molecule has 0 saturated heterocycles. The fourth-order valence-corrected chi connectivity index (χ4v) is 2.49. The van der Waals surface area contributed by atoms with Crippen LogP contribution in [0, 0.1) is 0 Å². The largest absolute Gasteiger partial charge is 0.508 e. The summed E-state index contributed by atoms with van der Waals surface area (Å²) in [4.78, 5) is 12.1. The Morgan fingerprint density at radius 2 is 2.24 bits per heavy atom. The van der Waals surface area contributed by atoms with Crippen LogP contribution in [-0.4, -0.2) is 27.4 Å². The van der Waals surface area contributed by atoms with Gasteiger partial charge in [0.15, 0.2) is 5.69 Å². The van der Waals surface area contributed by atoms with Crippen LogP contribution in [0.1, 0.15) is 40.2 Å². The Morgan fingerprint density at radius 1 is 1.38 bits per heavy atom. The summed E-state index contributed by atoms with van der Waals surface area (Å²) in [5, 5.41) is 20.3. The highest BCUT2D eigenvalue weighted by molar-refractivity contribution is 5.94. The van der Waals surface area contributed by atoms with Gasteiger partial charge in [-0.05, 0) is 43.4 Å². The smallest absolute Gasteiger partial charge is 0.292 e. The first-order valence-electron chi connectivity index (χ1n) is 6.92. The van der Waals surface area contributed by atoms with Crippen LogP contribution in [0.3, 0.4) is 0 Å². The van der Waals surface area contributed by atoms with E-state index in [-0.39, 0.29) is 11.7 Å². The van der Waals surface area contributed by atoms with E-state index in [1.165, 1.54) is 6.21 Å². The van der Waals surface area contributed by atoms with E-state index >= 15 is 0 Å². The van der Waals surface area contributed by atoms with Crippen LogP contribution in [0.5, 0.6) is 5.75 Å². The SMILES string of the molecule is O=C(N/N=C/c1cccc(O)c1)c1n[nH]c2c1CCCC2. The number of carbonyl (C=O) groups excluding carboxylic acids is 1. The maximum absolute atomic E-state index is 12.1. The molecular formula is C15H16N4O2. The number of nitrogens with zero attached hydrogens (tertiary/aromatic N) is 2. The minimum atomic E-state index is -0.314. The van der Waals surface area contributed by atoms with E-state index in [0.29, 0.717) is 11.3 Å². The third-order valence-electron chi connectivity index (χ3n) is 3.52. The van der Waals surface area contributed by atoms with Crippen LogP contribution in [-0.2, 0) is 12.8 Å². The number of nitrogens with one attached hydrogen (secondary N) is 2. The highest BCUT2D eigenvalue weighted by atomic mass is 16.3. The number of H-pyrrole nitrogens is 1. The Hall–Kier alpha value is -2.63. The van der Waals surface area contributed by atoms with Gasteiger partial charge in [-0.15, -0.1) is 0 Å². The predicted molar refractivity (Wildman–Crippen MR) is 78.4 cm³/mol. The number of aromatic amines is 1. The Kier molecular flexibility index (Phi) is 3.68. The number of hydrogen-bond donors (Lipinski definition) is 3. The normalized spacial score (nSPS) is 14.1. The zero-order valence-electron chi connectivity index (χ0n) is 11.5. The Morgan fingerprint density at radius 3 is 3.10 bits per heavy atom. The quantitative estimate of drug-likeness (QED) is 0.592. The summed E-state index contributed by atoms with van der Waals surface area (Å²) in [6.07, 6.45) is 5.52. The van der Waals surface area contributed by atoms with Crippen LogP contribution in [0.4, 0.5) is 0 Å². The van der Waals surface area contributed by atoms with E-state index in [1.807, 2.05) is 0 Å². The summed E-state index contributed by atoms with van der Waals surface area (Å²) in [6.45, 7) is 0. The summed E-state index contributed by atoms with van der Waals surface area (Å²) < 4.78 is 0. The molecule has 1 heterocycles. The Bertz CT molecular complexity index is 691. The maximum atomic E-state index is 12.1. The molecule has 1 aromatic carbocycles. The molecule has 0 aliphatic heterocycles. The third-order valence-corrected chi connectivity index (χ3v) is 3.52. The second kappa shape index (κ2) is 5.78. The van der Waals surface area contributed by atoms with Crippen molar-refractivity contribution < 1.29 is 9.90 Å². The van der Waals surface area contributed by atoms with E-state index in [2.05, 4.69) is 20.7 Å². The molecule has 6 heteroatoms. The number of phenolic OH excluding ortho intramolecular Hbond substituents is 1. The molecule has 0 spiro atoms. The molecule has 0 saturated carbocycles. The molecule has 0 unspecified atom stereocenters. The summed E-state index contributed by atoms with van der Waals surface area (Å²) in [5.41, 5.74) is 5.67. The topological polar surface area (TPSA) is 90.4 Å². The van der Waals surface area contributed by atoms with Crippen LogP contribution in [0.2, 0.25) is 0 Å². The van der Waals surface area contributed by atoms with E-state index in [9.17, 15) is 9.90 Å². The average molecular weight is 284 g/mol. The fourth-order valence-electron chi connectivity index (χ4n) is 2.49. The number of fused-ring (bicyclic) bond motifs is 1. The molecular weight excluding hydrogens is 268 g/mol. The average Bonchev–Trinajstić information content (AvgIpc) is 2.91. The highest BCUT2D eigenvalue weighted by Crippen LogP contribution is 2.21. The summed E-state index contributed by atoms with van der Waals surface area (Å²) in [6, 6.07) is 6.63. The monoisotopic (exact) mass is 284 g/mol. The lowest BCUT2D eigenvalue weighted by Crippen LogP contribution is -2.20. The number of amides is 1. The Labute approximate surface area is 121 Å². The summed E-state index contributed by atoms with van der Waals surface area (Å²) in [7, 11) is 0. The van der Waals surface area contributed by atoms with Crippen molar-refractivity contribution >= 4 is 12.1 Å². The number of rotatable bonds is 3. The number of phenols is 1. The van der Waals surface area contributed by atoms with E-state index in [0.717, 1.165) is 36.9 Å². The molecule has 1 aliphatic rings. The molecule has 21 heavy (non-hydrogen) atoms. The van der Waals surface area contributed by atoms with Crippen LogP contribution in [0.25, 0.3) is 0 Å². The predicted octanol–water partition coefficient (Wildman–Crippen LogP) is 1.76. The first-order chi connectivity index (χ1) is 10.2. The third kappa shape index (κ3) is 2.94. The first kappa shape index (κ1) is 13.4. The maximum Gasteiger partial charge on any atom is 0.292 e. The molecule has 1 aromatic heterocycles. The van der Waals surface area contributed by atoms with Crippen molar-refractivity contribution in [1.82, 2.24) is 15.6 Å². The van der Waals surface area contributed by atoms with Gasteiger partial charge in [-0.25, -0.2) is 5.43 Å². The van der Waals surface area contributed by atoms with Crippen molar-refractivity contribution in [1.29, 1.82) is 0 Å². The van der Waals surface area contributed by atoms with Gasteiger partial charge in [-0.3, -0.25) is 9.89 Å². The van der Waals surface area contributed by atoms with Gasteiger partial charge >= 0.3 is 0 Å². The molecule has 108 valence electrons. The van der Waals surface area contributed by atoms with Crippen molar-refractivity contribution in [3.05, 3.63) is 46.8 Å². The number of aromatic hydroxyl groups is 1. The fraction of sp³-hybridized carbons (Fsp3) is 0.267. The summed E-state index contributed by atoms with van der Waals surface area (Å²) in [5.74, 6) is -0.155. The molecule has 0 bridgehead atoms. The minimum absolute atomic E-state index is 0.159. The molecule has 0 radical (unpaired) electrons. The molecule has 3 rings (SSSR count). The van der Waals surface area contributed by atoms with E-state index < -0.39 is 0 Å². The molecule has 0 atom stereocenters. The zero-order valence-corrected chi connectivity index (χ0v) is 11.5. The van der Waals surface area contributed by atoms with Gasteiger partial charge in [0, 0.05) is 11.3 Å². The number of carbonyl (C=O) groups is 1. The van der Waals surface area contributed by atoms with Crippen LogP contribution >= 0.6 is 0 Å². The molecule has 3 N–H and O–H groups in total. The van der Waals surface area contributed by atoms with Crippen molar-refractivity contribution in [2.75, 3.05) is 0 Å². The lowest BCUT2D eigenvalue weighted by Gasteiger charge is -2.10. The van der Waals surface area contributed by atoms with Gasteiger partial charge in [-0.1, -0.05) is 12.1 Å². The Balaban J connectivity index is 1.68. The molecule has 0 fully saturated rings. The second-order valence-corrected chi connectivity index (χ2v) is 5.03. The minimum Gasteiger partial charge on any atom is -0.508 e. The van der Waals surface area contributed by atoms with Gasteiger partial charge in [0.1, 0.15) is 5.75 Å². The molecule has 6 nitrogen and oxygen atoms in total. The van der Waals surface area contributed by atoms with Crippen molar-refractivity contribution in [3.63, 3.8) is 0 Å². The number of aryl methyl sites for hydroxylation is 1. The standard InChI is InChI=1S/C15H16N4O2/c20-11-5-3-4-10(8-11)9-16-19-15(21)14-12-6-1-2-7-13(12)17-18-14/h3-5,8-9,20H,1-2,6-7H2,(H,17,18)(H,19,21)/b16-9+. The van der Waals surface area contributed by atoms with Crippen molar-refractivity contribution in [3.8, 4) is 5.75 Å². The molecule has 1 amide bonds. The van der Waals surface area contributed by atoms with Crippen LogP contribution in [0.15, 0.2) is 29.4 Å². The first-order valence-corrected chi connectivity index (χ1v) is 6.92. The van der Waals surface area contributed by atoms with Gasteiger partial charge in [-0.2, -0.15) is 10.2 Å². The zero-order chi connectivity index (χ0) is 14.7. The van der Waals surface area contributed by atoms with Gasteiger partial charge in [0.2, 0.25) is 0 Å². The van der Waals surface area contributed by atoms with Gasteiger partial charge < -0.3 is 5.11 Å². The van der Waals surface area contributed by atoms with E-state index in [4.69, 9.17) is 0 Å². The number of benzene rings is 1. The number of hydrazone groups is 1. The van der Waals surface area contributed by atoms with Gasteiger partial charge in [0.25, 0.3) is 5.91 Å². The highest BCUT2D eigenvalue weighted by Gasteiger charge is 2.21. The number of hydrogen-bond acceptors (Lipinski definition) is 4. The van der Waals surface area contributed by atoms with E-state index in [1.54, 1.807) is 24.3 Å². The number of aromatic nitrogens is 2.